The summed E-state index contributed by atoms with van der Waals surface area (Å²) < 4.78 is 0. The number of unbranched alkanes of at least 4 members (excludes halogenated alkanes) is 3. The standard InChI is InChI=1S/C12H25N2/c1-2-3-4-5-8-13-9-12-14-10-6-7-11-14/h13H,1-12H2. The Bertz CT molecular complexity index is 119. The van der Waals surface area contributed by atoms with Gasteiger partial charge in [-0.15, -0.1) is 0 Å². The number of hydrogen-bond acceptors (Lipinski definition) is 2. The molecule has 83 valence electrons. The quantitative estimate of drug-likeness (QED) is 0.599. The molecule has 0 spiro atoms. The summed E-state index contributed by atoms with van der Waals surface area (Å²) in [4.78, 5) is 2.56. The van der Waals surface area contributed by atoms with Gasteiger partial charge < -0.3 is 10.2 Å². The second kappa shape index (κ2) is 8.25. The molecule has 2 nitrogen and oxygen atoms in total. The molecule has 1 heterocycles. The smallest absolute Gasteiger partial charge is 0.0107 e. The van der Waals surface area contributed by atoms with Gasteiger partial charge in [0.2, 0.25) is 0 Å². The van der Waals surface area contributed by atoms with E-state index in [-0.39, 0.29) is 0 Å². The summed E-state index contributed by atoms with van der Waals surface area (Å²) in [6.07, 6.45) is 7.84. The lowest BCUT2D eigenvalue weighted by Crippen LogP contribution is -2.30. The number of nitrogens with one attached hydrogen (secondary N) is 1. The Labute approximate surface area is 89.1 Å². The number of hydrogen-bond donors (Lipinski definition) is 1. The maximum absolute atomic E-state index is 3.84. The SMILES string of the molecule is [CH2]CCCCCNCCN1CCCC1. The van der Waals surface area contributed by atoms with Crippen molar-refractivity contribution in [3.63, 3.8) is 0 Å². The lowest BCUT2D eigenvalue weighted by atomic mass is 10.2. The van der Waals surface area contributed by atoms with E-state index in [0.29, 0.717) is 0 Å². The average Bonchev–Trinajstić information content (AvgIpc) is 2.69. The van der Waals surface area contributed by atoms with Gasteiger partial charge in [-0.05, 0) is 38.9 Å². The topological polar surface area (TPSA) is 15.3 Å². The van der Waals surface area contributed by atoms with Crippen LogP contribution in [0.25, 0.3) is 0 Å². The highest BCUT2D eigenvalue weighted by Gasteiger charge is 2.09. The van der Waals surface area contributed by atoms with Crippen molar-refractivity contribution in [1.29, 1.82) is 0 Å². The molecule has 2 heteroatoms. The summed E-state index contributed by atoms with van der Waals surface area (Å²) in [5.41, 5.74) is 0. The molecule has 0 aromatic carbocycles. The third-order valence-corrected chi connectivity index (χ3v) is 2.91. The zero-order valence-electron chi connectivity index (χ0n) is 9.43. The van der Waals surface area contributed by atoms with E-state index in [2.05, 4.69) is 17.1 Å². The Hall–Kier alpha value is -0.0800. The van der Waals surface area contributed by atoms with Crippen LogP contribution in [0.1, 0.15) is 38.5 Å². The maximum Gasteiger partial charge on any atom is 0.0107 e. The van der Waals surface area contributed by atoms with E-state index >= 15 is 0 Å². The van der Waals surface area contributed by atoms with Crippen LogP contribution in [-0.4, -0.2) is 37.6 Å². The Morgan fingerprint density at radius 3 is 2.50 bits per heavy atom. The van der Waals surface area contributed by atoms with Crippen LogP contribution in [0.2, 0.25) is 0 Å². The molecule has 1 N–H and O–H groups in total. The minimum absolute atomic E-state index is 1.09. The fourth-order valence-corrected chi connectivity index (χ4v) is 1.97. The molecule has 1 rings (SSSR count). The maximum atomic E-state index is 3.84. The number of likely N-dealkylation sites (tertiary alicyclic amines) is 1. The molecule has 0 bridgehead atoms. The largest absolute Gasteiger partial charge is 0.315 e. The van der Waals surface area contributed by atoms with Gasteiger partial charge in [-0.2, -0.15) is 0 Å². The molecule has 0 unspecified atom stereocenters. The summed E-state index contributed by atoms with van der Waals surface area (Å²) >= 11 is 0. The predicted molar refractivity (Wildman–Crippen MR) is 62.4 cm³/mol. The highest BCUT2D eigenvalue weighted by Crippen LogP contribution is 2.05. The van der Waals surface area contributed by atoms with Crippen molar-refractivity contribution in [2.45, 2.75) is 38.5 Å². The van der Waals surface area contributed by atoms with E-state index in [1.807, 2.05) is 0 Å². The fourth-order valence-electron chi connectivity index (χ4n) is 1.97. The van der Waals surface area contributed by atoms with Gasteiger partial charge in [-0.25, -0.2) is 0 Å². The van der Waals surface area contributed by atoms with Crippen molar-refractivity contribution >= 4 is 0 Å². The summed E-state index contributed by atoms with van der Waals surface area (Å²) in [7, 11) is 0. The summed E-state index contributed by atoms with van der Waals surface area (Å²) in [6, 6.07) is 0. The van der Waals surface area contributed by atoms with Gasteiger partial charge in [-0.3, -0.25) is 0 Å². The van der Waals surface area contributed by atoms with Gasteiger partial charge in [0.25, 0.3) is 0 Å². The van der Waals surface area contributed by atoms with Crippen LogP contribution in [0.3, 0.4) is 0 Å². The van der Waals surface area contributed by atoms with Crippen LogP contribution >= 0.6 is 0 Å². The molecule has 1 fully saturated rings. The van der Waals surface area contributed by atoms with E-state index in [1.54, 1.807) is 0 Å². The lowest BCUT2D eigenvalue weighted by Gasteiger charge is -2.14. The van der Waals surface area contributed by atoms with E-state index in [0.717, 1.165) is 6.42 Å². The Kier molecular flexibility index (Phi) is 7.06. The predicted octanol–water partition coefficient (Wildman–Crippen LogP) is 2.07. The van der Waals surface area contributed by atoms with Crippen molar-refractivity contribution in [2.24, 2.45) is 0 Å². The van der Waals surface area contributed by atoms with Crippen LogP contribution in [0.4, 0.5) is 0 Å². The highest BCUT2D eigenvalue weighted by atomic mass is 15.1. The molecule has 14 heavy (non-hydrogen) atoms. The van der Waals surface area contributed by atoms with E-state index in [1.165, 1.54) is 64.8 Å². The molecule has 0 saturated carbocycles. The molecule has 1 radical (unpaired) electrons. The molecule has 0 aliphatic carbocycles. The van der Waals surface area contributed by atoms with Crippen molar-refractivity contribution in [3.05, 3.63) is 6.92 Å². The van der Waals surface area contributed by atoms with Crippen LogP contribution in [-0.2, 0) is 0 Å². The Morgan fingerprint density at radius 2 is 1.79 bits per heavy atom. The normalized spacial score (nSPS) is 17.8. The van der Waals surface area contributed by atoms with Crippen LogP contribution in [0.15, 0.2) is 0 Å². The Balaban J connectivity index is 1.75. The molecule has 0 aromatic rings. The Morgan fingerprint density at radius 1 is 1.00 bits per heavy atom. The first-order chi connectivity index (χ1) is 6.93. The third-order valence-electron chi connectivity index (χ3n) is 2.91. The van der Waals surface area contributed by atoms with Gasteiger partial charge in [0.05, 0.1) is 0 Å². The minimum atomic E-state index is 1.09. The molecule has 1 saturated heterocycles. The van der Waals surface area contributed by atoms with Gasteiger partial charge in [0.1, 0.15) is 0 Å². The summed E-state index contributed by atoms with van der Waals surface area (Å²) in [6.45, 7) is 10.1. The number of rotatable bonds is 8. The van der Waals surface area contributed by atoms with Gasteiger partial charge in [0, 0.05) is 13.1 Å². The van der Waals surface area contributed by atoms with Gasteiger partial charge >= 0.3 is 0 Å². The van der Waals surface area contributed by atoms with Crippen molar-refractivity contribution in [2.75, 3.05) is 32.7 Å². The minimum Gasteiger partial charge on any atom is -0.315 e. The van der Waals surface area contributed by atoms with Gasteiger partial charge in [0.15, 0.2) is 0 Å². The molecule has 0 aromatic heterocycles. The first-order valence-electron chi connectivity index (χ1n) is 6.16. The second-order valence-electron chi connectivity index (χ2n) is 4.21. The molecule has 1 aliphatic rings. The third kappa shape index (κ3) is 5.61. The molecule has 0 atom stereocenters. The highest BCUT2D eigenvalue weighted by molar-refractivity contribution is 4.66. The zero-order valence-corrected chi connectivity index (χ0v) is 9.43. The van der Waals surface area contributed by atoms with Gasteiger partial charge in [-0.1, -0.05) is 26.2 Å². The summed E-state index contributed by atoms with van der Waals surface area (Å²) in [5.74, 6) is 0. The first kappa shape index (κ1) is 12.0. The number of nitrogens with zero attached hydrogens (tertiary/aromatic N) is 1. The zero-order chi connectivity index (χ0) is 10.1. The van der Waals surface area contributed by atoms with Crippen LogP contribution in [0.5, 0.6) is 0 Å². The molecular weight excluding hydrogens is 172 g/mol. The van der Waals surface area contributed by atoms with Crippen molar-refractivity contribution in [1.82, 2.24) is 10.2 Å². The van der Waals surface area contributed by atoms with E-state index in [4.69, 9.17) is 0 Å². The summed E-state index contributed by atoms with van der Waals surface area (Å²) in [5, 5.41) is 3.51. The van der Waals surface area contributed by atoms with Crippen LogP contribution < -0.4 is 5.32 Å². The van der Waals surface area contributed by atoms with E-state index < -0.39 is 0 Å². The van der Waals surface area contributed by atoms with Crippen LogP contribution in [0, 0.1) is 6.92 Å². The fraction of sp³-hybridized carbons (Fsp3) is 0.917. The molecular formula is C12H25N2. The second-order valence-corrected chi connectivity index (χ2v) is 4.21. The monoisotopic (exact) mass is 197 g/mol. The first-order valence-corrected chi connectivity index (χ1v) is 6.16. The van der Waals surface area contributed by atoms with E-state index in [9.17, 15) is 0 Å². The van der Waals surface area contributed by atoms with Crippen molar-refractivity contribution in [3.8, 4) is 0 Å². The lowest BCUT2D eigenvalue weighted by molar-refractivity contribution is 0.335. The molecule has 0 amide bonds. The average molecular weight is 197 g/mol. The van der Waals surface area contributed by atoms with Crippen molar-refractivity contribution < 1.29 is 0 Å². The molecule has 1 aliphatic heterocycles.